The zero-order valence-corrected chi connectivity index (χ0v) is 17.0. The molecule has 0 aliphatic carbocycles. The van der Waals surface area contributed by atoms with E-state index in [0.717, 1.165) is 27.8 Å². The highest BCUT2D eigenvalue weighted by molar-refractivity contribution is 5.91. The van der Waals surface area contributed by atoms with E-state index in [0.29, 0.717) is 5.82 Å². The van der Waals surface area contributed by atoms with Crippen LogP contribution in [0.5, 0.6) is 0 Å². The standard InChI is InChI=1S/C22H21FN6O2/c1-14-9-18(7-8-24-14)29-20-12-25-21(10-16(20)11-26-29)28-22(30)27-19(13-31-2)15-3-5-17(23)6-4-15/h3-12,19H,13H2,1-2H3,(H2,25,27,28,30). The zero-order chi connectivity index (χ0) is 21.8. The Balaban J connectivity index is 1.50. The number of anilines is 1. The number of halogens is 1. The van der Waals surface area contributed by atoms with Crippen LogP contribution in [0.1, 0.15) is 17.3 Å². The number of nitrogens with zero attached hydrogens (tertiary/aromatic N) is 4. The van der Waals surface area contributed by atoms with Crippen molar-refractivity contribution in [2.75, 3.05) is 19.0 Å². The van der Waals surface area contributed by atoms with Crippen LogP contribution in [0, 0.1) is 12.7 Å². The van der Waals surface area contributed by atoms with Crippen LogP contribution in [0.25, 0.3) is 16.6 Å². The summed E-state index contributed by atoms with van der Waals surface area (Å²) in [7, 11) is 1.54. The summed E-state index contributed by atoms with van der Waals surface area (Å²) in [6.45, 7) is 2.15. The van der Waals surface area contributed by atoms with E-state index in [-0.39, 0.29) is 12.4 Å². The molecule has 1 aromatic carbocycles. The molecule has 0 fully saturated rings. The molecule has 4 rings (SSSR count). The summed E-state index contributed by atoms with van der Waals surface area (Å²) in [6.07, 6.45) is 5.09. The highest BCUT2D eigenvalue weighted by atomic mass is 19.1. The maximum atomic E-state index is 13.2. The third kappa shape index (κ3) is 4.67. The number of hydrogen-bond acceptors (Lipinski definition) is 5. The number of pyridine rings is 2. The molecule has 3 heterocycles. The summed E-state index contributed by atoms with van der Waals surface area (Å²) in [5, 5.41) is 10.8. The largest absolute Gasteiger partial charge is 0.382 e. The molecule has 0 saturated carbocycles. The van der Waals surface area contributed by atoms with E-state index in [4.69, 9.17) is 4.74 Å². The lowest BCUT2D eigenvalue weighted by molar-refractivity contribution is 0.168. The molecule has 3 aromatic heterocycles. The molecule has 8 nitrogen and oxygen atoms in total. The Labute approximate surface area is 178 Å². The van der Waals surface area contributed by atoms with Gasteiger partial charge < -0.3 is 10.1 Å². The van der Waals surface area contributed by atoms with Gasteiger partial charge in [0.15, 0.2) is 0 Å². The average Bonchev–Trinajstić information content (AvgIpc) is 3.17. The van der Waals surface area contributed by atoms with E-state index >= 15 is 0 Å². The number of amides is 2. The van der Waals surface area contributed by atoms with Crippen LogP contribution in [0.3, 0.4) is 0 Å². The number of rotatable bonds is 6. The molecule has 2 N–H and O–H groups in total. The molecular weight excluding hydrogens is 399 g/mol. The van der Waals surface area contributed by atoms with Crippen molar-refractivity contribution in [1.82, 2.24) is 25.1 Å². The molecule has 1 unspecified atom stereocenters. The Morgan fingerprint density at radius 3 is 2.71 bits per heavy atom. The van der Waals surface area contributed by atoms with E-state index in [1.165, 1.54) is 19.2 Å². The third-order valence-electron chi connectivity index (χ3n) is 4.73. The number of aromatic nitrogens is 4. The van der Waals surface area contributed by atoms with Gasteiger partial charge in [0.2, 0.25) is 0 Å². The second kappa shape index (κ2) is 8.88. The molecule has 9 heteroatoms. The molecule has 0 aliphatic rings. The summed E-state index contributed by atoms with van der Waals surface area (Å²) < 4.78 is 20.1. The Morgan fingerprint density at radius 1 is 1.16 bits per heavy atom. The van der Waals surface area contributed by atoms with Crippen LogP contribution >= 0.6 is 0 Å². The topological polar surface area (TPSA) is 94.0 Å². The average molecular weight is 420 g/mol. The number of fused-ring (bicyclic) bond motifs is 1. The van der Waals surface area contributed by atoms with E-state index in [9.17, 15) is 9.18 Å². The molecule has 158 valence electrons. The minimum atomic E-state index is -0.449. The Hall–Kier alpha value is -3.85. The molecule has 4 aromatic rings. The van der Waals surface area contributed by atoms with Crippen molar-refractivity contribution in [2.45, 2.75) is 13.0 Å². The fraction of sp³-hybridized carbons (Fsp3) is 0.182. The summed E-state index contributed by atoms with van der Waals surface area (Å²) in [5.41, 5.74) is 3.30. The number of hydrogen-bond donors (Lipinski definition) is 2. The van der Waals surface area contributed by atoms with Gasteiger partial charge in [-0.3, -0.25) is 10.3 Å². The molecule has 0 bridgehead atoms. The van der Waals surface area contributed by atoms with Gasteiger partial charge in [0.1, 0.15) is 11.6 Å². The van der Waals surface area contributed by atoms with Crippen molar-refractivity contribution in [3.63, 3.8) is 0 Å². The lowest BCUT2D eigenvalue weighted by Gasteiger charge is -2.18. The minimum Gasteiger partial charge on any atom is -0.382 e. The van der Waals surface area contributed by atoms with E-state index in [1.54, 1.807) is 41.5 Å². The second-order valence-electron chi connectivity index (χ2n) is 7.00. The SMILES string of the molecule is COCC(NC(=O)Nc1cc2cnn(-c3ccnc(C)c3)c2cn1)c1ccc(F)cc1. The maximum absolute atomic E-state index is 13.2. The number of methoxy groups -OCH3 is 1. The van der Waals surface area contributed by atoms with E-state index in [2.05, 4.69) is 25.7 Å². The molecule has 0 radical (unpaired) electrons. The monoisotopic (exact) mass is 420 g/mol. The number of benzene rings is 1. The summed E-state index contributed by atoms with van der Waals surface area (Å²) in [4.78, 5) is 21.1. The van der Waals surface area contributed by atoms with Crippen LogP contribution in [0.2, 0.25) is 0 Å². The van der Waals surface area contributed by atoms with Gasteiger partial charge >= 0.3 is 6.03 Å². The minimum absolute atomic E-state index is 0.240. The van der Waals surface area contributed by atoms with Gasteiger partial charge in [-0.05, 0) is 42.8 Å². The summed E-state index contributed by atoms with van der Waals surface area (Å²) in [5.74, 6) is 0.0371. The summed E-state index contributed by atoms with van der Waals surface area (Å²) >= 11 is 0. The normalized spacial score (nSPS) is 12.0. The van der Waals surface area contributed by atoms with Crippen LogP contribution in [-0.2, 0) is 4.74 Å². The lowest BCUT2D eigenvalue weighted by atomic mass is 10.1. The van der Waals surface area contributed by atoms with Crippen LogP contribution in [0.15, 0.2) is 61.1 Å². The van der Waals surface area contributed by atoms with Crippen molar-refractivity contribution in [3.05, 3.63) is 78.1 Å². The smallest absolute Gasteiger partial charge is 0.320 e. The summed E-state index contributed by atoms with van der Waals surface area (Å²) in [6, 6.07) is 10.6. The Morgan fingerprint density at radius 2 is 1.97 bits per heavy atom. The first kappa shape index (κ1) is 20.4. The van der Waals surface area contributed by atoms with Gasteiger partial charge in [-0.15, -0.1) is 0 Å². The lowest BCUT2D eigenvalue weighted by Crippen LogP contribution is -2.35. The quantitative estimate of drug-likeness (QED) is 0.495. The molecule has 0 spiro atoms. The number of ether oxygens (including phenoxy) is 1. The second-order valence-corrected chi connectivity index (χ2v) is 7.00. The van der Waals surface area contributed by atoms with Crippen molar-refractivity contribution < 1.29 is 13.9 Å². The zero-order valence-electron chi connectivity index (χ0n) is 17.0. The van der Waals surface area contributed by atoms with Crippen molar-refractivity contribution in [2.24, 2.45) is 0 Å². The first-order valence-corrected chi connectivity index (χ1v) is 9.62. The molecule has 2 amide bonds. The van der Waals surface area contributed by atoms with Gasteiger partial charge in [-0.25, -0.2) is 18.9 Å². The number of carbonyl (C=O) groups is 1. The van der Waals surface area contributed by atoms with Gasteiger partial charge in [-0.1, -0.05) is 12.1 Å². The van der Waals surface area contributed by atoms with Crippen molar-refractivity contribution in [1.29, 1.82) is 0 Å². The van der Waals surface area contributed by atoms with Gasteiger partial charge in [-0.2, -0.15) is 5.10 Å². The first-order valence-electron chi connectivity index (χ1n) is 9.62. The van der Waals surface area contributed by atoms with Crippen molar-refractivity contribution in [3.8, 4) is 5.69 Å². The fourth-order valence-electron chi connectivity index (χ4n) is 3.26. The molecule has 31 heavy (non-hydrogen) atoms. The predicted molar refractivity (Wildman–Crippen MR) is 115 cm³/mol. The van der Waals surface area contributed by atoms with Gasteiger partial charge in [0, 0.05) is 24.4 Å². The van der Waals surface area contributed by atoms with E-state index < -0.39 is 12.1 Å². The first-order chi connectivity index (χ1) is 15.0. The molecule has 0 saturated heterocycles. The highest BCUT2D eigenvalue weighted by Crippen LogP contribution is 2.20. The third-order valence-corrected chi connectivity index (χ3v) is 4.73. The van der Waals surface area contributed by atoms with Gasteiger partial charge in [0.05, 0.1) is 36.2 Å². The molecular formula is C22H21FN6O2. The van der Waals surface area contributed by atoms with Gasteiger partial charge in [0.25, 0.3) is 0 Å². The molecule has 0 aliphatic heterocycles. The Kier molecular flexibility index (Phi) is 5.85. The number of carbonyl (C=O) groups excluding carboxylic acids is 1. The highest BCUT2D eigenvalue weighted by Gasteiger charge is 2.16. The van der Waals surface area contributed by atoms with Crippen LogP contribution in [0.4, 0.5) is 15.0 Å². The fourth-order valence-corrected chi connectivity index (χ4v) is 3.26. The predicted octanol–water partition coefficient (Wildman–Crippen LogP) is 3.77. The maximum Gasteiger partial charge on any atom is 0.320 e. The molecule has 1 atom stereocenters. The van der Waals surface area contributed by atoms with E-state index in [1.807, 2.05) is 19.1 Å². The number of nitrogens with one attached hydrogen (secondary N) is 2. The van der Waals surface area contributed by atoms with Crippen molar-refractivity contribution >= 4 is 22.8 Å². The van der Waals surface area contributed by atoms with Crippen LogP contribution < -0.4 is 10.6 Å². The number of aryl methyl sites for hydroxylation is 1. The Bertz CT molecular complexity index is 1210. The number of urea groups is 1. The van der Waals surface area contributed by atoms with Crippen LogP contribution in [-0.4, -0.2) is 39.5 Å².